The van der Waals surface area contributed by atoms with Crippen molar-refractivity contribution in [2.75, 3.05) is 40.6 Å². The van der Waals surface area contributed by atoms with Crippen molar-refractivity contribution in [3.8, 4) is 43.9 Å². The van der Waals surface area contributed by atoms with E-state index in [1.807, 2.05) is 55.4 Å². The number of carbonyl (C=O) groups excluding carboxylic acids is 2. The lowest BCUT2D eigenvalue weighted by Crippen LogP contribution is -2.15. The number of hydrogen-bond acceptors (Lipinski definition) is 13. The molecule has 0 saturated carbocycles. The van der Waals surface area contributed by atoms with Crippen molar-refractivity contribution >= 4 is 23.3 Å². The van der Waals surface area contributed by atoms with E-state index in [4.69, 9.17) is 47.4 Å². The summed E-state index contributed by atoms with van der Waals surface area (Å²) in [5.41, 5.74) is 3.46. The number of ether oxygens (including phenoxy) is 10. The number of rotatable bonds is 24. The Morgan fingerprint density at radius 3 is 1.02 bits per heavy atom. The molecule has 0 saturated heterocycles. The van der Waals surface area contributed by atoms with Crippen molar-refractivity contribution in [2.24, 2.45) is 0 Å². The van der Waals surface area contributed by atoms with E-state index in [0.717, 1.165) is 20.9 Å². The molecule has 0 aliphatic heterocycles. The summed E-state index contributed by atoms with van der Waals surface area (Å²) in [4.78, 5) is 28.3. The molecule has 12 nitrogen and oxygen atoms in total. The first-order valence-electron chi connectivity index (χ1n) is 19.7. The minimum Gasteiger partial charge on any atom is -0.490 e. The van der Waals surface area contributed by atoms with Gasteiger partial charge in [-0.15, -0.1) is 11.3 Å². The van der Waals surface area contributed by atoms with E-state index in [0.29, 0.717) is 71.7 Å². The lowest BCUT2D eigenvalue weighted by atomic mass is 9.98. The lowest BCUT2D eigenvalue weighted by Gasteiger charge is -2.21. The smallest absolute Gasteiger partial charge is 0.338 e. The normalized spacial score (nSPS) is 11.7. The molecule has 3 rings (SSSR count). The average Bonchev–Trinajstić information content (AvgIpc) is 3.43. The minimum absolute atomic E-state index is 0.164. The predicted octanol–water partition coefficient (Wildman–Crippen LogP) is 9.69. The van der Waals surface area contributed by atoms with Crippen LogP contribution in [-0.2, 0) is 41.6 Å². The molecule has 2 aromatic carbocycles. The third kappa shape index (κ3) is 14.2. The minimum atomic E-state index is -0.497. The maximum atomic E-state index is 13.4. The summed E-state index contributed by atoms with van der Waals surface area (Å²) in [6, 6.07) is 6.80. The Morgan fingerprint density at radius 1 is 0.474 bits per heavy atom. The average molecular weight is 817 g/mol. The maximum Gasteiger partial charge on any atom is 0.338 e. The van der Waals surface area contributed by atoms with Gasteiger partial charge in [0.25, 0.3) is 0 Å². The van der Waals surface area contributed by atoms with E-state index in [1.165, 1.54) is 11.3 Å². The van der Waals surface area contributed by atoms with Crippen LogP contribution in [-0.4, -0.2) is 89.2 Å². The molecular weight excluding hydrogens is 753 g/mol. The molecular formula is C44H64O12S. The molecule has 1 aromatic heterocycles. The highest BCUT2D eigenvalue weighted by Crippen LogP contribution is 2.54. The van der Waals surface area contributed by atoms with Crippen molar-refractivity contribution < 1.29 is 57.0 Å². The molecule has 0 radical (unpaired) electrons. The summed E-state index contributed by atoms with van der Waals surface area (Å²) in [6.07, 6.45) is -1.72. The second kappa shape index (κ2) is 22.9. The summed E-state index contributed by atoms with van der Waals surface area (Å²) in [6.45, 7) is 24.3. The lowest BCUT2D eigenvalue weighted by molar-refractivity contribution is 0.0366. The quantitative estimate of drug-likeness (QED) is 0.0631. The molecule has 0 N–H and O–H groups in total. The number of benzene rings is 2. The summed E-state index contributed by atoms with van der Waals surface area (Å²) >= 11 is 1.46. The Bertz CT molecular complexity index is 1550. The fraction of sp³-hybridized carbons (Fsp3) is 0.591. The van der Waals surface area contributed by atoms with E-state index < -0.39 is 11.9 Å². The molecule has 0 aliphatic rings. The molecule has 0 bridgehead atoms. The number of hydrogen-bond donors (Lipinski definition) is 0. The topological polar surface area (TPSA) is 126 Å². The van der Waals surface area contributed by atoms with Gasteiger partial charge in [0.05, 0.1) is 98.5 Å². The summed E-state index contributed by atoms with van der Waals surface area (Å²) in [5.74, 6) is 0.731. The van der Waals surface area contributed by atoms with Gasteiger partial charge in [0.15, 0.2) is 0 Å². The predicted molar refractivity (Wildman–Crippen MR) is 222 cm³/mol. The van der Waals surface area contributed by atoms with Gasteiger partial charge < -0.3 is 47.4 Å². The van der Waals surface area contributed by atoms with Crippen LogP contribution < -0.4 is 18.9 Å². The molecule has 0 atom stereocenters. The van der Waals surface area contributed by atoms with Crippen LogP contribution in [0, 0.1) is 0 Å². The van der Waals surface area contributed by atoms with Crippen LogP contribution in [0.3, 0.4) is 0 Å². The van der Waals surface area contributed by atoms with Crippen molar-refractivity contribution in [1.82, 2.24) is 0 Å². The largest absolute Gasteiger partial charge is 0.490 e. The van der Waals surface area contributed by atoms with Crippen LogP contribution in [0.5, 0.6) is 23.0 Å². The fourth-order valence-corrected chi connectivity index (χ4v) is 7.08. The zero-order valence-corrected chi connectivity index (χ0v) is 37.1. The molecule has 3 aromatic rings. The van der Waals surface area contributed by atoms with Gasteiger partial charge in [0.1, 0.15) is 23.0 Å². The number of methoxy groups -OCH3 is 2. The molecule has 0 amide bonds. The zero-order valence-electron chi connectivity index (χ0n) is 36.3. The number of carbonyl (C=O) groups is 2. The van der Waals surface area contributed by atoms with Gasteiger partial charge in [-0.3, -0.25) is 0 Å². The first-order chi connectivity index (χ1) is 27.0. The second-order valence-electron chi connectivity index (χ2n) is 15.1. The van der Waals surface area contributed by atoms with Crippen molar-refractivity contribution in [3.05, 3.63) is 46.5 Å². The van der Waals surface area contributed by atoms with Gasteiger partial charge in [-0.1, -0.05) is 0 Å². The number of esters is 2. The van der Waals surface area contributed by atoms with Gasteiger partial charge in [-0.25, -0.2) is 9.59 Å². The van der Waals surface area contributed by atoms with Gasteiger partial charge in [-0.2, -0.15) is 0 Å². The Hall–Kier alpha value is -3.88. The zero-order chi connectivity index (χ0) is 42.4. The Kier molecular flexibility index (Phi) is 19.1. The number of thiophene rings is 1. The highest BCUT2D eigenvalue weighted by atomic mass is 32.1. The van der Waals surface area contributed by atoms with Crippen LogP contribution in [0.15, 0.2) is 24.3 Å². The van der Waals surface area contributed by atoms with Gasteiger partial charge >= 0.3 is 11.9 Å². The Morgan fingerprint density at radius 2 is 0.772 bits per heavy atom. The van der Waals surface area contributed by atoms with Gasteiger partial charge in [0, 0.05) is 35.1 Å². The van der Waals surface area contributed by atoms with E-state index in [2.05, 4.69) is 0 Å². The molecule has 318 valence electrons. The first-order valence-corrected chi connectivity index (χ1v) is 20.5. The second-order valence-corrected chi connectivity index (χ2v) is 16.1. The monoisotopic (exact) mass is 816 g/mol. The summed E-state index contributed by atoms with van der Waals surface area (Å²) in [7, 11) is 3.24. The highest BCUT2D eigenvalue weighted by Gasteiger charge is 2.32. The van der Waals surface area contributed by atoms with Crippen molar-refractivity contribution in [2.45, 2.75) is 133 Å². The van der Waals surface area contributed by atoms with Crippen LogP contribution in [0.2, 0.25) is 0 Å². The van der Waals surface area contributed by atoms with Crippen LogP contribution in [0.1, 0.15) is 115 Å². The van der Waals surface area contributed by atoms with Gasteiger partial charge in [-0.05, 0) is 107 Å². The summed E-state index contributed by atoms with van der Waals surface area (Å²) in [5, 5.41) is 0. The van der Waals surface area contributed by atoms with Crippen molar-refractivity contribution in [1.29, 1.82) is 0 Å². The molecule has 0 aliphatic carbocycles. The van der Waals surface area contributed by atoms with Crippen LogP contribution in [0.25, 0.3) is 20.9 Å². The Balaban J connectivity index is 2.61. The molecule has 1 heterocycles. The van der Waals surface area contributed by atoms with E-state index in [9.17, 15) is 9.59 Å². The maximum absolute atomic E-state index is 13.4. The van der Waals surface area contributed by atoms with Gasteiger partial charge in [0.2, 0.25) is 0 Å². The SMILES string of the molecule is COCCOCc1c(-c2c(OC(C)C)cc(C(=O)OC(C)C)cc2OC(C)C)sc(-c2c(OC(C)C)cc(C(=O)OC(C)C)cc2OC(C)C)c1COCCOC. The highest BCUT2D eigenvalue weighted by molar-refractivity contribution is 7.19. The van der Waals surface area contributed by atoms with Crippen LogP contribution in [0.4, 0.5) is 0 Å². The van der Waals surface area contributed by atoms with E-state index >= 15 is 0 Å². The third-order valence-corrected chi connectivity index (χ3v) is 8.98. The molecule has 57 heavy (non-hydrogen) atoms. The summed E-state index contributed by atoms with van der Waals surface area (Å²) < 4.78 is 60.5. The third-order valence-electron chi connectivity index (χ3n) is 7.67. The standard InChI is InChI=1S/C44H64O12S/c1-25(2)51-35-19-31(43(45)55-29(9)10)20-36(52-26(3)4)39(35)41-33(23-49-17-15-47-13)34(24-50-18-16-48-14)42(57-41)40-37(53-27(5)6)21-32(44(46)56-30(11)12)22-38(40)54-28(7)8/h19-22,25-30H,15-18,23-24H2,1-14H3. The molecule has 13 heteroatoms. The molecule has 0 spiro atoms. The molecule has 0 unspecified atom stereocenters. The Labute approximate surface area is 343 Å². The van der Waals surface area contributed by atoms with E-state index in [-0.39, 0.29) is 49.8 Å². The van der Waals surface area contributed by atoms with Crippen molar-refractivity contribution in [3.63, 3.8) is 0 Å². The molecule has 0 fully saturated rings. The van der Waals surface area contributed by atoms with E-state index in [1.54, 1.807) is 66.2 Å². The fourth-order valence-electron chi connectivity index (χ4n) is 5.66. The van der Waals surface area contributed by atoms with Crippen LogP contribution >= 0.6 is 11.3 Å². The first kappa shape index (κ1) is 47.5.